The minimum absolute atomic E-state index is 0.0403. The molecule has 0 spiro atoms. The highest BCUT2D eigenvalue weighted by Crippen LogP contribution is 2.17. The monoisotopic (exact) mass is 251 g/mol. The Morgan fingerprint density at radius 3 is 2.72 bits per heavy atom. The molecular formula is C14H25N3O. The molecule has 0 aromatic heterocycles. The maximum Gasteiger partial charge on any atom is 0.235 e. The number of nitrogens with one attached hydrogen (secondary N) is 1. The third-order valence-electron chi connectivity index (χ3n) is 4.07. The minimum Gasteiger partial charge on any atom is -0.337 e. The summed E-state index contributed by atoms with van der Waals surface area (Å²) in [5.74, 6) is 0.0618. The van der Waals surface area contributed by atoms with E-state index in [-0.39, 0.29) is 11.8 Å². The number of carbonyl (C=O) groups is 1. The molecular weight excluding hydrogens is 226 g/mol. The molecule has 1 amide bonds. The molecule has 0 bridgehead atoms. The molecule has 1 rings (SSSR count). The average molecular weight is 251 g/mol. The highest BCUT2D eigenvalue weighted by atomic mass is 16.2. The Morgan fingerprint density at radius 2 is 2.22 bits per heavy atom. The number of nitrogens with zero attached hydrogens (tertiary/aromatic N) is 2. The second-order valence-electron chi connectivity index (χ2n) is 5.83. The Hall–Kier alpha value is -1.08. The second-order valence-corrected chi connectivity index (χ2v) is 5.83. The number of likely N-dealkylation sites (tertiary alicyclic amines) is 1. The first kappa shape index (κ1) is 15.0. The quantitative estimate of drug-likeness (QED) is 0.830. The SMILES string of the molecule is CC(C)[C@](C)(C#N)NC(=O)CN1CCCC[C@H]1C. The summed E-state index contributed by atoms with van der Waals surface area (Å²) in [7, 11) is 0. The number of hydrogen-bond acceptors (Lipinski definition) is 3. The molecule has 1 saturated heterocycles. The Balaban J connectivity index is 2.53. The van der Waals surface area contributed by atoms with Crippen LogP contribution in [0.2, 0.25) is 0 Å². The molecule has 1 heterocycles. The lowest BCUT2D eigenvalue weighted by Gasteiger charge is -2.34. The molecule has 0 aromatic rings. The van der Waals surface area contributed by atoms with E-state index in [2.05, 4.69) is 23.2 Å². The molecule has 4 heteroatoms. The van der Waals surface area contributed by atoms with Crippen molar-refractivity contribution in [3.63, 3.8) is 0 Å². The lowest BCUT2D eigenvalue weighted by Crippen LogP contribution is -2.53. The summed E-state index contributed by atoms with van der Waals surface area (Å²) in [6.45, 7) is 9.25. The van der Waals surface area contributed by atoms with Crippen LogP contribution in [0.15, 0.2) is 0 Å². The van der Waals surface area contributed by atoms with Gasteiger partial charge in [0.15, 0.2) is 0 Å². The summed E-state index contributed by atoms with van der Waals surface area (Å²) in [6, 6.07) is 2.68. The van der Waals surface area contributed by atoms with Crippen LogP contribution in [0.3, 0.4) is 0 Å². The number of piperidine rings is 1. The highest BCUT2D eigenvalue weighted by molar-refractivity contribution is 5.79. The van der Waals surface area contributed by atoms with Crippen molar-refractivity contribution in [2.45, 2.75) is 58.5 Å². The first-order chi connectivity index (χ1) is 8.39. The van der Waals surface area contributed by atoms with Gasteiger partial charge in [0.2, 0.25) is 5.91 Å². The predicted octanol–water partition coefficient (Wildman–Crippen LogP) is 1.92. The number of hydrogen-bond donors (Lipinski definition) is 1. The van der Waals surface area contributed by atoms with E-state index in [9.17, 15) is 10.1 Å². The van der Waals surface area contributed by atoms with Gasteiger partial charge in [0, 0.05) is 6.04 Å². The normalized spacial score (nSPS) is 24.3. The number of rotatable bonds is 4. The Bertz CT molecular complexity index is 334. The molecule has 0 aliphatic carbocycles. The fourth-order valence-corrected chi connectivity index (χ4v) is 2.21. The van der Waals surface area contributed by atoms with Gasteiger partial charge in [0.05, 0.1) is 12.6 Å². The standard InChI is InChI=1S/C14H25N3O/c1-11(2)14(4,10-15)16-13(18)9-17-8-6-5-7-12(17)3/h11-12H,5-9H2,1-4H3,(H,16,18)/t12-,14+/m1/s1. The first-order valence-corrected chi connectivity index (χ1v) is 6.85. The zero-order valence-corrected chi connectivity index (χ0v) is 12.0. The third-order valence-corrected chi connectivity index (χ3v) is 4.07. The van der Waals surface area contributed by atoms with Gasteiger partial charge in [0.1, 0.15) is 5.54 Å². The zero-order valence-electron chi connectivity index (χ0n) is 12.0. The van der Waals surface area contributed by atoms with Gasteiger partial charge in [-0.1, -0.05) is 20.3 Å². The van der Waals surface area contributed by atoms with Crippen molar-refractivity contribution < 1.29 is 4.79 Å². The van der Waals surface area contributed by atoms with Crippen LogP contribution >= 0.6 is 0 Å². The van der Waals surface area contributed by atoms with Crippen molar-refractivity contribution in [3.05, 3.63) is 0 Å². The lowest BCUT2D eigenvalue weighted by molar-refractivity contribution is -0.124. The Labute approximate surface area is 110 Å². The number of carbonyl (C=O) groups excluding carboxylic acids is 1. The summed E-state index contributed by atoms with van der Waals surface area (Å²) in [5, 5.41) is 12.1. The maximum absolute atomic E-state index is 12.0. The van der Waals surface area contributed by atoms with E-state index in [1.54, 1.807) is 6.92 Å². The van der Waals surface area contributed by atoms with E-state index >= 15 is 0 Å². The van der Waals surface area contributed by atoms with Gasteiger partial charge in [0.25, 0.3) is 0 Å². The summed E-state index contributed by atoms with van der Waals surface area (Å²) in [5.41, 5.74) is -0.768. The van der Waals surface area contributed by atoms with Gasteiger partial charge < -0.3 is 5.32 Å². The number of amides is 1. The second kappa shape index (κ2) is 6.19. The van der Waals surface area contributed by atoms with Crippen molar-refractivity contribution in [2.75, 3.05) is 13.1 Å². The smallest absolute Gasteiger partial charge is 0.235 e. The number of nitriles is 1. The van der Waals surface area contributed by atoms with Crippen LogP contribution in [0.5, 0.6) is 0 Å². The van der Waals surface area contributed by atoms with Gasteiger partial charge in [-0.25, -0.2) is 0 Å². The first-order valence-electron chi connectivity index (χ1n) is 6.85. The molecule has 4 nitrogen and oxygen atoms in total. The van der Waals surface area contributed by atoms with Gasteiger partial charge in [-0.3, -0.25) is 9.69 Å². The maximum atomic E-state index is 12.0. The van der Waals surface area contributed by atoms with Crippen molar-refractivity contribution in [1.82, 2.24) is 10.2 Å². The van der Waals surface area contributed by atoms with E-state index in [4.69, 9.17) is 0 Å². The van der Waals surface area contributed by atoms with Gasteiger partial charge >= 0.3 is 0 Å². The molecule has 0 radical (unpaired) electrons. The van der Waals surface area contributed by atoms with Crippen molar-refractivity contribution >= 4 is 5.91 Å². The molecule has 0 unspecified atom stereocenters. The van der Waals surface area contributed by atoms with Crippen LogP contribution < -0.4 is 5.32 Å². The zero-order chi connectivity index (χ0) is 13.8. The fraction of sp³-hybridized carbons (Fsp3) is 0.857. The molecule has 0 saturated carbocycles. The van der Waals surface area contributed by atoms with Crippen LogP contribution in [0.25, 0.3) is 0 Å². The van der Waals surface area contributed by atoms with Gasteiger partial charge in [-0.15, -0.1) is 0 Å². The van der Waals surface area contributed by atoms with Crippen LogP contribution in [0.1, 0.15) is 47.0 Å². The molecule has 1 fully saturated rings. The van der Waals surface area contributed by atoms with E-state index in [0.29, 0.717) is 12.6 Å². The van der Waals surface area contributed by atoms with Crippen molar-refractivity contribution in [3.8, 4) is 6.07 Å². The van der Waals surface area contributed by atoms with Gasteiger partial charge in [-0.05, 0) is 39.2 Å². The molecule has 1 N–H and O–H groups in total. The van der Waals surface area contributed by atoms with Crippen LogP contribution in [-0.2, 0) is 4.79 Å². The summed E-state index contributed by atoms with van der Waals surface area (Å²) in [4.78, 5) is 14.2. The van der Waals surface area contributed by atoms with Crippen LogP contribution in [0, 0.1) is 17.2 Å². The molecule has 18 heavy (non-hydrogen) atoms. The van der Waals surface area contributed by atoms with Gasteiger partial charge in [-0.2, -0.15) is 5.26 Å². The lowest BCUT2D eigenvalue weighted by atomic mass is 9.90. The largest absolute Gasteiger partial charge is 0.337 e. The van der Waals surface area contributed by atoms with E-state index < -0.39 is 5.54 Å². The Morgan fingerprint density at radius 1 is 1.56 bits per heavy atom. The van der Waals surface area contributed by atoms with E-state index in [1.807, 2.05) is 13.8 Å². The summed E-state index contributed by atoms with van der Waals surface area (Å²) in [6.07, 6.45) is 3.57. The minimum atomic E-state index is -0.768. The fourth-order valence-electron chi connectivity index (χ4n) is 2.21. The molecule has 0 aromatic carbocycles. The molecule has 1 aliphatic heterocycles. The highest BCUT2D eigenvalue weighted by Gasteiger charge is 2.31. The summed E-state index contributed by atoms with van der Waals surface area (Å²) >= 11 is 0. The van der Waals surface area contributed by atoms with Crippen LogP contribution in [-0.4, -0.2) is 35.5 Å². The van der Waals surface area contributed by atoms with E-state index in [0.717, 1.165) is 19.4 Å². The summed E-state index contributed by atoms with van der Waals surface area (Å²) < 4.78 is 0. The molecule has 1 aliphatic rings. The van der Waals surface area contributed by atoms with Crippen LogP contribution in [0.4, 0.5) is 0 Å². The molecule has 102 valence electrons. The molecule has 2 atom stereocenters. The average Bonchev–Trinajstić information content (AvgIpc) is 2.31. The topological polar surface area (TPSA) is 56.1 Å². The van der Waals surface area contributed by atoms with Crippen molar-refractivity contribution in [2.24, 2.45) is 5.92 Å². The van der Waals surface area contributed by atoms with E-state index in [1.165, 1.54) is 6.42 Å². The Kier molecular flexibility index (Phi) is 5.15. The predicted molar refractivity (Wildman–Crippen MR) is 71.9 cm³/mol. The third kappa shape index (κ3) is 3.71. The van der Waals surface area contributed by atoms with Crippen molar-refractivity contribution in [1.29, 1.82) is 5.26 Å².